The molecule has 0 unspecified atom stereocenters. The zero-order valence-electron chi connectivity index (χ0n) is 20.1. The van der Waals surface area contributed by atoms with Crippen molar-refractivity contribution in [1.82, 2.24) is 4.90 Å². The van der Waals surface area contributed by atoms with E-state index in [1.807, 2.05) is 54.6 Å². The number of esters is 1. The number of carbonyl (C=O) groups is 1. The lowest BCUT2D eigenvalue weighted by atomic mass is 9.96. The first-order chi connectivity index (χ1) is 16.8. The normalized spacial score (nSPS) is 14.5. The standard InChI is InChI=1S/C27H30N2O5S.ClH/c1-35(31,32)28-24-9-13-26(14-10-24)34-25-11-7-21(8-12-25)19-29-17-15-23(16-18-29)27(30)33-20-22-5-3-2-4-6-22;/h2-14,23,28H,15-20H2,1H3;1H. The first kappa shape index (κ1) is 27.5. The quantitative estimate of drug-likeness (QED) is 0.381. The van der Waals surface area contributed by atoms with Crippen LogP contribution in [0.15, 0.2) is 78.9 Å². The number of sulfonamides is 1. The van der Waals surface area contributed by atoms with Gasteiger partial charge in [-0.15, -0.1) is 12.4 Å². The van der Waals surface area contributed by atoms with Crippen LogP contribution in [0.2, 0.25) is 0 Å². The molecule has 36 heavy (non-hydrogen) atoms. The fraction of sp³-hybridized carbons (Fsp3) is 0.296. The smallest absolute Gasteiger partial charge is 0.309 e. The van der Waals surface area contributed by atoms with Crippen molar-refractivity contribution in [2.24, 2.45) is 5.92 Å². The van der Waals surface area contributed by atoms with Crippen molar-refractivity contribution in [3.8, 4) is 11.5 Å². The molecule has 1 N–H and O–H groups in total. The summed E-state index contributed by atoms with van der Waals surface area (Å²) >= 11 is 0. The fourth-order valence-corrected chi connectivity index (χ4v) is 4.60. The predicted octanol–water partition coefficient (Wildman–Crippen LogP) is 5.23. The first-order valence-corrected chi connectivity index (χ1v) is 13.5. The number of hydrogen-bond acceptors (Lipinski definition) is 6. The number of benzene rings is 3. The zero-order chi connectivity index (χ0) is 24.7. The summed E-state index contributed by atoms with van der Waals surface area (Å²) in [5, 5.41) is 0. The van der Waals surface area contributed by atoms with Crippen LogP contribution in [0.5, 0.6) is 11.5 Å². The number of anilines is 1. The van der Waals surface area contributed by atoms with Crippen molar-refractivity contribution in [2.75, 3.05) is 24.1 Å². The van der Waals surface area contributed by atoms with Crippen molar-refractivity contribution >= 4 is 34.1 Å². The lowest BCUT2D eigenvalue weighted by Crippen LogP contribution is -2.36. The maximum absolute atomic E-state index is 12.4. The zero-order valence-corrected chi connectivity index (χ0v) is 21.8. The van der Waals surface area contributed by atoms with Gasteiger partial charge in [-0.2, -0.15) is 0 Å². The summed E-state index contributed by atoms with van der Waals surface area (Å²) < 4.78 is 36.4. The van der Waals surface area contributed by atoms with Gasteiger partial charge in [0.2, 0.25) is 10.0 Å². The van der Waals surface area contributed by atoms with Gasteiger partial charge < -0.3 is 9.47 Å². The molecule has 0 bridgehead atoms. The molecule has 1 aliphatic rings. The topological polar surface area (TPSA) is 84.9 Å². The highest BCUT2D eigenvalue weighted by Crippen LogP contribution is 2.25. The Morgan fingerprint density at radius 3 is 2.06 bits per heavy atom. The maximum Gasteiger partial charge on any atom is 0.309 e. The Morgan fingerprint density at radius 1 is 0.889 bits per heavy atom. The number of nitrogens with zero attached hydrogens (tertiary/aromatic N) is 1. The van der Waals surface area contributed by atoms with Gasteiger partial charge in [0, 0.05) is 12.2 Å². The Bertz CT molecular complexity index is 1210. The third kappa shape index (κ3) is 8.55. The molecule has 3 aromatic rings. The van der Waals surface area contributed by atoms with Crippen LogP contribution in [-0.4, -0.2) is 38.6 Å². The highest BCUT2D eigenvalue weighted by atomic mass is 35.5. The average molecular weight is 531 g/mol. The van der Waals surface area contributed by atoms with Gasteiger partial charge in [0.15, 0.2) is 0 Å². The van der Waals surface area contributed by atoms with E-state index < -0.39 is 10.0 Å². The molecule has 3 aromatic carbocycles. The van der Waals surface area contributed by atoms with Gasteiger partial charge in [0.05, 0.1) is 12.2 Å². The SMILES string of the molecule is CS(=O)(=O)Nc1ccc(Oc2ccc(CN3CCC(C(=O)OCc4ccccc4)CC3)cc2)cc1.Cl. The number of carbonyl (C=O) groups excluding carboxylic acids is 1. The van der Waals surface area contributed by atoms with Crippen molar-refractivity contribution in [1.29, 1.82) is 0 Å². The second kappa shape index (κ2) is 12.8. The van der Waals surface area contributed by atoms with E-state index in [1.54, 1.807) is 24.3 Å². The number of rotatable bonds is 9. The molecule has 7 nitrogen and oxygen atoms in total. The van der Waals surface area contributed by atoms with E-state index in [4.69, 9.17) is 9.47 Å². The summed E-state index contributed by atoms with van der Waals surface area (Å²) in [7, 11) is -3.30. The van der Waals surface area contributed by atoms with Crippen molar-refractivity contribution in [3.63, 3.8) is 0 Å². The van der Waals surface area contributed by atoms with Crippen LogP contribution in [0.4, 0.5) is 5.69 Å². The molecule has 192 valence electrons. The molecular formula is C27H31ClN2O5S. The second-order valence-corrected chi connectivity index (χ2v) is 10.5. The van der Waals surface area contributed by atoms with Gasteiger partial charge in [0.25, 0.3) is 0 Å². The van der Waals surface area contributed by atoms with E-state index in [9.17, 15) is 13.2 Å². The lowest BCUT2D eigenvalue weighted by molar-refractivity contribution is -0.151. The van der Waals surface area contributed by atoms with E-state index in [1.165, 1.54) is 5.56 Å². The van der Waals surface area contributed by atoms with E-state index in [0.717, 1.165) is 44.3 Å². The first-order valence-electron chi connectivity index (χ1n) is 11.6. The molecule has 0 amide bonds. The van der Waals surface area contributed by atoms with Crippen LogP contribution in [0, 0.1) is 5.92 Å². The van der Waals surface area contributed by atoms with Crippen LogP contribution in [0.3, 0.4) is 0 Å². The van der Waals surface area contributed by atoms with Gasteiger partial charge in [0.1, 0.15) is 18.1 Å². The monoisotopic (exact) mass is 530 g/mol. The Labute approximate surface area is 218 Å². The third-order valence-electron chi connectivity index (χ3n) is 5.87. The number of hydrogen-bond donors (Lipinski definition) is 1. The summed E-state index contributed by atoms with van der Waals surface area (Å²) in [6, 6.07) is 24.4. The number of piperidine rings is 1. The van der Waals surface area contributed by atoms with Gasteiger partial charge in [-0.1, -0.05) is 42.5 Å². The molecule has 1 saturated heterocycles. The van der Waals surface area contributed by atoms with Crippen molar-refractivity contribution in [2.45, 2.75) is 26.0 Å². The number of likely N-dealkylation sites (tertiary alicyclic amines) is 1. The minimum absolute atomic E-state index is 0. The fourth-order valence-electron chi connectivity index (χ4n) is 4.04. The largest absolute Gasteiger partial charge is 0.461 e. The summed E-state index contributed by atoms with van der Waals surface area (Å²) in [6.07, 6.45) is 2.72. The highest BCUT2D eigenvalue weighted by molar-refractivity contribution is 7.92. The van der Waals surface area contributed by atoms with Gasteiger partial charge in [-0.05, 0) is 73.5 Å². The van der Waals surface area contributed by atoms with Gasteiger partial charge in [-0.25, -0.2) is 8.42 Å². The minimum Gasteiger partial charge on any atom is -0.461 e. The number of ether oxygens (including phenoxy) is 2. The highest BCUT2D eigenvalue weighted by Gasteiger charge is 2.26. The molecule has 0 atom stereocenters. The molecule has 0 spiro atoms. The molecule has 0 aromatic heterocycles. The van der Waals surface area contributed by atoms with E-state index >= 15 is 0 Å². The van der Waals surface area contributed by atoms with Crippen LogP contribution in [-0.2, 0) is 32.7 Å². The van der Waals surface area contributed by atoms with E-state index in [-0.39, 0.29) is 24.3 Å². The lowest BCUT2D eigenvalue weighted by Gasteiger charge is -2.30. The maximum atomic E-state index is 12.4. The average Bonchev–Trinajstić information content (AvgIpc) is 2.85. The number of nitrogens with one attached hydrogen (secondary N) is 1. The summed E-state index contributed by atoms with van der Waals surface area (Å²) in [4.78, 5) is 14.8. The van der Waals surface area contributed by atoms with Crippen LogP contribution < -0.4 is 9.46 Å². The van der Waals surface area contributed by atoms with E-state index in [2.05, 4.69) is 9.62 Å². The summed E-state index contributed by atoms with van der Waals surface area (Å²) in [5.74, 6) is 1.19. The molecule has 0 saturated carbocycles. The second-order valence-electron chi connectivity index (χ2n) is 8.79. The molecule has 0 aliphatic carbocycles. The molecular weight excluding hydrogens is 500 g/mol. The van der Waals surface area contributed by atoms with Crippen molar-refractivity contribution in [3.05, 3.63) is 90.0 Å². The third-order valence-corrected chi connectivity index (χ3v) is 6.47. The van der Waals surface area contributed by atoms with Gasteiger partial charge >= 0.3 is 5.97 Å². The molecule has 9 heteroatoms. The van der Waals surface area contributed by atoms with Crippen molar-refractivity contribution < 1.29 is 22.7 Å². The predicted molar refractivity (Wildman–Crippen MR) is 143 cm³/mol. The Balaban J connectivity index is 0.00000361. The Kier molecular flexibility index (Phi) is 9.75. The van der Waals surface area contributed by atoms with Crippen LogP contribution >= 0.6 is 12.4 Å². The molecule has 1 aliphatic heterocycles. The van der Waals surface area contributed by atoms with Crippen LogP contribution in [0.1, 0.15) is 24.0 Å². The van der Waals surface area contributed by atoms with Gasteiger partial charge in [-0.3, -0.25) is 14.4 Å². The Hall–Kier alpha value is -3.07. The summed E-state index contributed by atoms with van der Waals surface area (Å²) in [5.41, 5.74) is 2.67. The van der Waals surface area contributed by atoms with E-state index in [0.29, 0.717) is 23.8 Å². The minimum atomic E-state index is -3.30. The number of halogens is 1. The Morgan fingerprint density at radius 2 is 1.47 bits per heavy atom. The molecule has 1 fully saturated rings. The molecule has 0 radical (unpaired) electrons. The molecule has 1 heterocycles. The summed E-state index contributed by atoms with van der Waals surface area (Å²) in [6.45, 7) is 2.86. The van der Waals surface area contributed by atoms with Crippen LogP contribution in [0.25, 0.3) is 0 Å². The molecule has 4 rings (SSSR count).